The Morgan fingerprint density at radius 3 is 2.17 bits per heavy atom. The van der Waals surface area contributed by atoms with Gasteiger partial charge in [0.05, 0.1) is 0 Å². The van der Waals surface area contributed by atoms with E-state index in [4.69, 9.17) is 0 Å². The molecule has 0 fully saturated rings. The molecule has 0 aliphatic rings. The minimum absolute atomic E-state index is 0.0763. The first-order chi connectivity index (χ1) is 5.72. The van der Waals surface area contributed by atoms with Gasteiger partial charge in [-0.2, -0.15) is 0 Å². The molecule has 0 N–H and O–H groups in total. The molecule has 0 bridgehead atoms. The van der Waals surface area contributed by atoms with Gasteiger partial charge in [0.2, 0.25) is 0 Å². The summed E-state index contributed by atoms with van der Waals surface area (Å²) in [6.07, 6.45) is 4.34. The Morgan fingerprint density at radius 2 is 1.92 bits per heavy atom. The van der Waals surface area contributed by atoms with Crippen molar-refractivity contribution in [3.05, 3.63) is 11.6 Å². The zero-order valence-corrected chi connectivity index (χ0v) is 8.72. The lowest BCUT2D eigenvalue weighted by molar-refractivity contribution is -0.113. The van der Waals surface area contributed by atoms with Crippen LogP contribution in [0.2, 0.25) is 0 Å². The lowest BCUT2D eigenvalue weighted by Crippen LogP contribution is -1.97. The van der Waals surface area contributed by atoms with Crippen LogP contribution in [-0.4, -0.2) is 19.0 Å². The van der Waals surface area contributed by atoms with Crippen LogP contribution in [0.3, 0.4) is 0 Å². The number of hydrogen-bond acceptors (Lipinski definition) is 2. The normalized spacial score (nSPS) is 10.9. The van der Waals surface area contributed by atoms with Gasteiger partial charge in [0.25, 0.3) is 0 Å². The number of allylic oxidation sites excluding steroid dienone is 2. The fourth-order valence-corrected chi connectivity index (χ4v) is 0.646. The first-order valence-corrected chi connectivity index (χ1v) is 4.35. The molecule has 2 nitrogen and oxygen atoms in total. The van der Waals surface area contributed by atoms with Gasteiger partial charge >= 0.3 is 0 Å². The quantitative estimate of drug-likeness (QED) is 0.471. The van der Waals surface area contributed by atoms with E-state index < -0.39 is 0 Å². The van der Waals surface area contributed by atoms with E-state index in [0.29, 0.717) is 5.57 Å². The number of carbonyl (C=O) groups is 1. The van der Waals surface area contributed by atoms with E-state index in [9.17, 15) is 4.79 Å². The van der Waals surface area contributed by atoms with E-state index in [1.165, 1.54) is 0 Å². The SMILES string of the molecule is CC.CC/C=C(\C=NC)C(C)=O. The van der Waals surface area contributed by atoms with Crippen molar-refractivity contribution in [3.8, 4) is 0 Å². The smallest absolute Gasteiger partial charge is 0.161 e. The summed E-state index contributed by atoms with van der Waals surface area (Å²) in [6.45, 7) is 7.54. The molecule has 2 heteroatoms. The molecule has 0 amide bonds. The number of Topliss-reactive ketones (excluding diaryl/α,β-unsaturated/α-hetero) is 1. The maximum atomic E-state index is 10.8. The van der Waals surface area contributed by atoms with Gasteiger partial charge in [0.15, 0.2) is 5.78 Å². The summed E-state index contributed by atoms with van der Waals surface area (Å²) >= 11 is 0. The van der Waals surface area contributed by atoms with Gasteiger partial charge in [-0.3, -0.25) is 9.79 Å². The minimum Gasteiger partial charge on any atom is -0.296 e. The summed E-state index contributed by atoms with van der Waals surface area (Å²) in [5.41, 5.74) is 0.699. The Morgan fingerprint density at radius 1 is 1.42 bits per heavy atom. The predicted octanol–water partition coefficient (Wildman–Crippen LogP) is 2.64. The molecule has 12 heavy (non-hydrogen) atoms. The van der Waals surface area contributed by atoms with Crippen LogP contribution in [0.1, 0.15) is 34.1 Å². The third kappa shape index (κ3) is 7.19. The van der Waals surface area contributed by atoms with Gasteiger partial charge in [0, 0.05) is 18.8 Å². The zero-order valence-electron chi connectivity index (χ0n) is 8.72. The van der Waals surface area contributed by atoms with E-state index in [-0.39, 0.29) is 5.78 Å². The van der Waals surface area contributed by atoms with Crippen LogP contribution in [0.25, 0.3) is 0 Å². The summed E-state index contributed by atoms with van der Waals surface area (Å²) in [6, 6.07) is 0. The predicted molar refractivity (Wildman–Crippen MR) is 54.8 cm³/mol. The average Bonchev–Trinajstić information content (AvgIpc) is 2.08. The largest absolute Gasteiger partial charge is 0.296 e. The van der Waals surface area contributed by atoms with Crippen LogP contribution in [0.15, 0.2) is 16.6 Å². The Labute approximate surface area is 75.4 Å². The van der Waals surface area contributed by atoms with Crippen molar-refractivity contribution in [2.45, 2.75) is 34.1 Å². The Bertz CT molecular complexity index is 169. The van der Waals surface area contributed by atoms with Crippen molar-refractivity contribution < 1.29 is 4.79 Å². The third-order valence-electron chi connectivity index (χ3n) is 1.10. The van der Waals surface area contributed by atoms with E-state index in [1.807, 2.05) is 26.8 Å². The number of carbonyl (C=O) groups excluding carboxylic acids is 1. The summed E-state index contributed by atoms with van der Waals surface area (Å²) < 4.78 is 0. The van der Waals surface area contributed by atoms with Crippen LogP contribution in [0.4, 0.5) is 0 Å². The van der Waals surface area contributed by atoms with E-state index >= 15 is 0 Å². The highest BCUT2D eigenvalue weighted by atomic mass is 16.1. The second kappa shape index (κ2) is 10.1. The second-order valence-corrected chi connectivity index (χ2v) is 2.01. The van der Waals surface area contributed by atoms with Crippen molar-refractivity contribution in [1.29, 1.82) is 0 Å². The highest BCUT2D eigenvalue weighted by Gasteiger charge is 1.96. The number of hydrogen-bond donors (Lipinski definition) is 0. The number of nitrogens with zero attached hydrogens (tertiary/aromatic N) is 1. The van der Waals surface area contributed by atoms with Gasteiger partial charge in [-0.1, -0.05) is 26.8 Å². The van der Waals surface area contributed by atoms with Crippen molar-refractivity contribution in [2.75, 3.05) is 7.05 Å². The van der Waals surface area contributed by atoms with Crippen LogP contribution >= 0.6 is 0 Å². The molecular formula is C10H19NO. The maximum Gasteiger partial charge on any atom is 0.161 e. The van der Waals surface area contributed by atoms with Crippen molar-refractivity contribution in [3.63, 3.8) is 0 Å². The molecule has 0 unspecified atom stereocenters. The van der Waals surface area contributed by atoms with Crippen molar-refractivity contribution >= 4 is 12.0 Å². The molecule has 0 rings (SSSR count). The van der Waals surface area contributed by atoms with E-state index in [1.54, 1.807) is 20.2 Å². The van der Waals surface area contributed by atoms with Crippen LogP contribution < -0.4 is 0 Å². The summed E-state index contributed by atoms with van der Waals surface area (Å²) in [4.78, 5) is 14.5. The summed E-state index contributed by atoms with van der Waals surface area (Å²) in [5.74, 6) is 0.0763. The van der Waals surface area contributed by atoms with Crippen LogP contribution in [0.5, 0.6) is 0 Å². The molecule has 0 radical (unpaired) electrons. The Balaban J connectivity index is 0. The molecule has 70 valence electrons. The number of aliphatic imine (C=N–C) groups is 1. The lowest BCUT2D eigenvalue weighted by atomic mass is 10.2. The van der Waals surface area contributed by atoms with Gasteiger partial charge in [-0.05, 0) is 13.3 Å². The molecule has 0 spiro atoms. The molecule has 0 aliphatic carbocycles. The Kier molecular flexibility index (Phi) is 11.5. The average molecular weight is 169 g/mol. The maximum absolute atomic E-state index is 10.8. The van der Waals surface area contributed by atoms with E-state index in [2.05, 4.69) is 4.99 Å². The molecule has 0 aliphatic heterocycles. The molecular weight excluding hydrogens is 150 g/mol. The first kappa shape index (κ1) is 13.7. The standard InChI is InChI=1S/C8H13NO.C2H6/c1-4-5-8(6-9-3)7(2)10;1-2/h5-6H,4H2,1-3H3;1-2H3/b8-5+,9-6?;. The van der Waals surface area contributed by atoms with Crippen LogP contribution in [-0.2, 0) is 4.79 Å². The number of rotatable bonds is 3. The second-order valence-electron chi connectivity index (χ2n) is 2.01. The molecule has 0 aromatic carbocycles. The monoisotopic (exact) mass is 169 g/mol. The molecule has 0 aromatic rings. The fraction of sp³-hybridized carbons (Fsp3) is 0.600. The lowest BCUT2D eigenvalue weighted by Gasteiger charge is -1.91. The topological polar surface area (TPSA) is 29.4 Å². The molecule has 0 saturated carbocycles. The highest BCUT2D eigenvalue weighted by molar-refractivity contribution is 6.12. The summed E-state index contributed by atoms with van der Waals surface area (Å²) in [5, 5.41) is 0. The summed E-state index contributed by atoms with van der Waals surface area (Å²) in [7, 11) is 1.66. The van der Waals surface area contributed by atoms with Gasteiger partial charge in [-0.25, -0.2) is 0 Å². The zero-order chi connectivity index (χ0) is 9.98. The van der Waals surface area contributed by atoms with Crippen molar-refractivity contribution in [1.82, 2.24) is 0 Å². The molecule has 0 heterocycles. The number of ketones is 1. The Hall–Kier alpha value is -0.920. The van der Waals surface area contributed by atoms with Crippen LogP contribution in [0, 0.1) is 0 Å². The molecule has 0 aromatic heterocycles. The van der Waals surface area contributed by atoms with E-state index in [0.717, 1.165) is 6.42 Å². The fourth-order valence-electron chi connectivity index (χ4n) is 0.646. The van der Waals surface area contributed by atoms with Gasteiger partial charge in [0.1, 0.15) is 0 Å². The highest BCUT2D eigenvalue weighted by Crippen LogP contribution is 1.94. The first-order valence-electron chi connectivity index (χ1n) is 4.35. The molecule has 0 atom stereocenters. The third-order valence-corrected chi connectivity index (χ3v) is 1.10. The van der Waals surface area contributed by atoms with Crippen molar-refractivity contribution in [2.24, 2.45) is 4.99 Å². The molecule has 0 saturated heterocycles. The minimum atomic E-state index is 0.0763. The van der Waals surface area contributed by atoms with Gasteiger partial charge < -0.3 is 0 Å². The van der Waals surface area contributed by atoms with Gasteiger partial charge in [-0.15, -0.1) is 0 Å².